The molecule has 0 radical (unpaired) electrons. The minimum atomic E-state index is -4.42. The van der Waals surface area contributed by atoms with Crippen LogP contribution in [0.2, 0.25) is 0 Å². The zero-order valence-corrected chi connectivity index (χ0v) is 10.1. The first-order valence-corrected chi connectivity index (χ1v) is 5.88. The molecule has 0 aliphatic heterocycles. The minimum Gasteiger partial charge on any atom is -0.363 e. The summed E-state index contributed by atoms with van der Waals surface area (Å²) in [7, 11) is 0. The molecule has 0 amide bonds. The van der Waals surface area contributed by atoms with Crippen LogP contribution >= 0.6 is 0 Å². The summed E-state index contributed by atoms with van der Waals surface area (Å²) in [6.07, 6.45) is -2.31. The highest BCUT2D eigenvalue weighted by molar-refractivity contribution is 5.40. The van der Waals surface area contributed by atoms with Crippen molar-refractivity contribution in [2.45, 2.75) is 31.5 Å². The highest BCUT2D eigenvalue weighted by Gasteiger charge is 2.41. The fraction of sp³-hybridized carbons (Fsp3) is 0.583. The molecule has 1 aromatic heterocycles. The molecule has 1 atom stereocenters. The maximum absolute atomic E-state index is 12.5. The molecule has 1 aromatic rings. The molecule has 2 rings (SSSR count). The van der Waals surface area contributed by atoms with Crippen molar-refractivity contribution >= 4 is 5.82 Å². The number of nitrogens with zero attached hydrogens (tertiary/aromatic N) is 1. The molecule has 1 saturated carbocycles. The molecule has 18 heavy (non-hydrogen) atoms. The maximum Gasteiger partial charge on any atom is 0.433 e. The van der Waals surface area contributed by atoms with Crippen LogP contribution in [0.4, 0.5) is 19.0 Å². The Labute approximate surface area is 104 Å². The minimum absolute atomic E-state index is 0.227. The molecule has 100 valence electrons. The average molecular weight is 259 g/mol. The third-order valence-corrected chi connectivity index (χ3v) is 3.36. The zero-order valence-electron chi connectivity index (χ0n) is 10.1. The van der Waals surface area contributed by atoms with Gasteiger partial charge in [0.15, 0.2) is 0 Å². The monoisotopic (exact) mass is 259 g/mol. The van der Waals surface area contributed by atoms with Gasteiger partial charge in [0.25, 0.3) is 0 Å². The molecule has 1 fully saturated rings. The maximum atomic E-state index is 12.5. The van der Waals surface area contributed by atoms with Gasteiger partial charge in [0.2, 0.25) is 0 Å². The fourth-order valence-electron chi connectivity index (χ4n) is 2.00. The summed E-state index contributed by atoms with van der Waals surface area (Å²) in [5.74, 6) is 0.642. The average Bonchev–Trinajstić information content (AvgIpc) is 3.12. The molecule has 1 unspecified atom stereocenters. The van der Waals surface area contributed by atoms with Crippen LogP contribution in [-0.4, -0.2) is 17.1 Å². The van der Waals surface area contributed by atoms with Crippen LogP contribution in [0.1, 0.15) is 25.5 Å². The molecule has 1 heterocycles. The van der Waals surface area contributed by atoms with Gasteiger partial charge in [-0.25, -0.2) is 4.98 Å². The molecule has 0 spiro atoms. The van der Waals surface area contributed by atoms with E-state index in [2.05, 4.69) is 10.3 Å². The molecule has 1 aliphatic carbocycles. The SMILES string of the molecule is CC(CN)(Nc1cccc(C(F)(F)F)n1)C1CC1. The number of aromatic nitrogens is 1. The summed E-state index contributed by atoms with van der Waals surface area (Å²) in [5, 5.41) is 3.04. The lowest BCUT2D eigenvalue weighted by Gasteiger charge is -2.30. The second-order valence-electron chi connectivity index (χ2n) is 4.93. The molecule has 3 nitrogen and oxygen atoms in total. The second-order valence-corrected chi connectivity index (χ2v) is 4.93. The van der Waals surface area contributed by atoms with E-state index in [1.165, 1.54) is 12.1 Å². The number of anilines is 1. The lowest BCUT2D eigenvalue weighted by atomic mass is 9.96. The van der Waals surface area contributed by atoms with Gasteiger partial charge in [0.1, 0.15) is 11.5 Å². The predicted molar refractivity (Wildman–Crippen MR) is 63.0 cm³/mol. The molecule has 0 bridgehead atoms. The van der Waals surface area contributed by atoms with Crippen LogP contribution in [0.15, 0.2) is 18.2 Å². The van der Waals surface area contributed by atoms with Crippen molar-refractivity contribution in [1.82, 2.24) is 4.98 Å². The number of nitrogens with one attached hydrogen (secondary N) is 1. The van der Waals surface area contributed by atoms with E-state index < -0.39 is 11.9 Å². The lowest BCUT2D eigenvalue weighted by Crippen LogP contribution is -2.45. The van der Waals surface area contributed by atoms with Gasteiger partial charge in [-0.15, -0.1) is 0 Å². The van der Waals surface area contributed by atoms with Gasteiger partial charge in [-0.2, -0.15) is 13.2 Å². The summed E-state index contributed by atoms with van der Waals surface area (Å²) >= 11 is 0. The van der Waals surface area contributed by atoms with Crippen LogP contribution in [0.25, 0.3) is 0 Å². The second kappa shape index (κ2) is 4.42. The first-order valence-electron chi connectivity index (χ1n) is 5.88. The molecule has 0 saturated heterocycles. The Balaban J connectivity index is 2.19. The first kappa shape index (κ1) is 13.1. The van der Waals surface area contributed by atoms with E-state index in [1.54, 1.807) is 0 Å². The van der Waals surface area contributed by atoms with Gasteiger partial charge in [0, 0.05) is 6.54 Å². The van der Waals surface area contributed by atoms with Crippen molar-refractivity contribution in [2.75, 3.05) is 11.9 Å². The lowest BCUT2D eigenvalue weighted by molar-refractivity contribution is -0.141. The van der Waals surface area contributed by atoms with E-state index in [9.17, 15) is 13.2 Å². The van der Waals surface area contributed by atoms with E-state index in [1.807, 2.05) is 6.92 Å². The number of rotatable bonds is 4. The van der Waals surface area contributed by atoms with E-state index in [0.29, 0.717) is 12.5 Å². The van der Waals surface area contributed by atoms with Crippen LogP contribution < -0.4 is 11.1 Å². The van der Waals surface area contributed by atoms with Crippen LogP contribution in [0.3, 0.4) is 0 Å². The highest BCUT2D eigenvalue weighted by atomic mass is 19.4. The van der Waals surface area contributed by atoms with Crippen LogP contribution in [0.5, 0.6) is 0 Å². The number of alkyl halides is 3. The molecule has 3 N–H and O–H groups in total. The molecule has 1 aliphatic rings. The van der Waals surface area contributed by atoms with Crippen molar-refractivity contribution in [1.29, 1.82) is 0 Å². The standard InChI is InChI=1S/C12H16F3N3/c1-11(7-16,8-5-6-8)18-10-4-2-3-9(17-10)12(13,14)15/h2-4,8H,5-7,16H2,1H3,(H,17,18). The van der Waals surface area contributed by atoms with Crippen molar-refractivity contribution in [3.05, 3.63) is 23.9 Å². The molecule has 6 heteroatoms. The van der Waals surface area contributed by atoms with Crippen molar-refractivity contribution in [3.8, 4) is 0 Å². The number of pyridine rings is 1. The quantitative estimate of drug-likeness (QED) is 0.874. The van der Waals surface area contributed by atoms with Crippen molar-refractivity contribution in [3.63, 3.8) is 0 Å². The van der Waals surface area contributed by atoms with Gasteiger partial charge in [-0.3, -0.25) is 0 Å². The number of hydrogen-bond acceptors (Lipinski definition) is 3. The molecular formula is C12H16F3N3. The Kier molecular flexibility index (Phi) is 3.23. The number of nitrogens with two attached hydrogens (primary N) is 1. The van der Waals surface area contributed by atoms with E-state index in [-0.39, 0.29) is 11.4 Å². The summed E-state index contributed by atoms with van der Waals surface area (Å²) in [6, 6.07) is 3.84. The smallest absolute Gasteiger partial charge is 0.363 e. The normalized spacial score (nSPS) is 19.4. The van der Waals surface area contributed by atoms with E-state index >= 15 is 0 Å². The Morgan fingerprint density at radius 1 is 1.39 bits per heavy atom. The van der Waals surface area contributed by atoms with Crippen molar-refractivity contribution < 1.29 is 13.2 Å². The van der Waals surface area contributed by atoms with Gasteiger partial charge in [0.05, 0.1) is 5.54 Å². The number of hydrogen-bond donors (Lipinski definition) is 2. The van der Waals surface area contributed by atoms with E-state index in [0.717, 1.165) is 18.9 Å². The van der Waals surface area contributed by atoms with Gasteiger partial charge in [-0.05, 0) is 37.8 Å². The number of halogens is 3. The van der Waals surface area contributed by atoms with Crippen molar-refractivity contribution in [2.24, 2.45) is 11.7 Å². The summed E-state index contributed by atoms with van der Waals surface area (Å²) in [5.41, 5.74) is 4.44. The molecule has 0 aromatic carbocycles. The van der Waals surface area contributed by atoms with Gasteiger partial charge in [-0.1, -0.05) is 6.07 Å². The fourth-order valence-corrected chi connectivity index (χ4v) is 2.00. The third-order valence-electron chi connectivity index (χ3n) is 3.36. The Morgan fingerprint density at radius 2 is 2.06 bits per heavy atom. The van der Waals surface area contributed by atoms with Crippen LogP contribution in [-0.2, 0) is 6.18 Å². The summed E-state index contributed by atoms with van der Waals surface area (Å²) in [4.78, 5) is 3.60. The summed E-state index contributed by atoms with van der Waals surface area (Å²) < 4.78 is 37.6. The topological polar surface area (TPSA) is 50.9 Å². The van der Waals surface area contributed by atoms with Gasteiger partial charge < -0.3 is 11.1 Å². The van der Waals surface area contributed by atoms with E-state index in [4.69, 9.17) is 5.73 Å². The summed E-state index contributed by atoms with van der Waals surface area (Å²) in [6.45, 7) is 2.29. The molecular weight excluding hydrogens is 243 g/mol. The van der Waals surface area contributed by atoms with Gasteiger partial charge >= 0.3 is 6.18 Å². The highest BCUT2D eigenvalue weighted by Crippen LogP contribution is 2.40. The third kappa shape index (κ3) is 2.75. The Bertz CT molecular complexity index is 429. The first-order chi connectivity index (χ1) is 8.35. The predicted octanol–water partition coefficient (Wildman–Crippen LogP) is 2.64. The zero-order chi connectivity index (χ0) is 13.4. The Morgan fingerprint density at radius 3 is 2.56 bits per heavy atom. The Hall–Kier alpha value is -1.30. The van der Waals surface area contributed by atoms with Crippen LogP contribution in [0, 0.1) is 5.92 Å². The largest absolute Gasteiger partial charge is 0.433 e.